The first kappa shape index (κ1) is 13.6. The van der Waals surface area contributed by atoms with Gasteiger partial charge < -0.3 is 10.4 Å². The number of β-lactam (4-membered cyclic amide) rings is 1. The highest BCUT2D eigenvalue weighted by Gasteiger charge is 2.52. The van der Waals surface area contributed by atoms with Crippen LogP contribution in [0.15, 0.2) is 11.8 Å². The van der Waals surface area contributed by atoms with Crippen molar-refractivity contribution in [2.24, 2.45) is 0 Å². The molecule has 2 amide bonds. The Hall–Kier alpha value is -1.83. The second-order valence-electron chi connectivity index (χ2n) is 4.25. The average molecular weight is 284 g/mol. The molecule has 2 N–H and O–H groups in total. The Balaban J connectivity index is 2.03. The van der Waals surface area contributed by atoms with Crippen molar-refractivity contribution in [3.63, 3.8) is 0 Å². The maximum atomic E-state index is 11.8. The molecule has 0 aliphatic carbocycles. The standard InChI is InChI=1S/C11H12N2O5S/c1-5(14)4-7(15)12-8-9(16)13-6(11(17)18)2-3-19-10(8)13/h2,8,10H,3-4H2,1H3,(H,12,15)(H,17,18)/t8-,10-/m1/s1. The number of hydrogen-bond acceptors (Lipinski definition) is 5. The number of fused-ring (bicyclic) bond motifs is 1. The van der Waals surface area contributed by atoms with Gasteiger partial charge in [-0.25, -0.2) is 4.79 Å². The summed E-state index contributed by atoms with van der Waals surface area (Å²) in [6.07, 6.45) is 1.19. The second kappa shape index (κ2) is 5.04. The van der Waals surface area contributed by atoms with Crippen LogP contribution in [0.25, 0.3) is 0 Å². The smallest absolute Gasteiger partial charge is 0.352 e. The van der Waals surface area contributed by atoms with Gasteiger partial charge in [-0.15, -0.1) is 11.8 Å². The van der Waals surface area contributed by atoms with Crippen LogP contribution in [0.2, 0.25) is 0 Å². The maximum absolute atomic E-state index is 11.8. The summed E-state index contributed by atoms with van der Waals surface area (Å²) in [6, 6.07) is -0.750. The Bertz CT molecular complexity index is 501. The van der Waals surface area contributed by atoms with Gasteiger partial charge in [0.25, 0.3) is 5.91 Å². The van der Waals surface area contributed by atoms with E-state index in [0.29, 0.717) is 5.75 Å². The summed E-state index contributed by atoms with van der Waals surface area (Å²) in [6.45, 7) is 1.29. The molecule has 0 unspecified atom stereocenters. The maximum Gasteiger partial charge on any atom is 0.352 e. The summed E-state index contributed by atoms with van der Waals surface area (Å²) in [5.41, 5.74) is -0.0502. The number of nitrogens with zero attached hydrogens (tertiary/aromatic N) is 1. The summed E-state index contributed by atoms with van der Waals surface area (Å²) >= 11 is 1.37. The lowest BCUT2D eigenvalue weighted by atomic mass is 10.0. The molecule has 0 radical (unpaired) electrons. The van der Waals surface area contributed by atoms with Gasteiger partial charge in [0, 0.05) is 5.75 Å². The van der Waals surface area contributed by atoms with Crippen LogP contribution in [0.3, 0.4) is 0 Å². The van der Waals surface area contributed by atoms with E-state index < -0.39 is 29.2 Å². The first-order valence-corrected chi connectivity index (χ1v) is 6.63. The van der Waals surface area contributed by atoms with Gasteiger partial charge >= 0.3 is 5.97 Å². The normalized spacial score (nSPS) is 25.0. The number of carboxylic acid groups (broad SMARTS) is 1. The fourth-order valence-corrected chi connectivity index (χ4v) is 3.18. The minimum Gasteiger partial charge on any atom is -0.477 e. The van der Waals surface area contributed by atoms with E-state index in [1.54, 1.807) is 0 Å². The minimum atomic E-state index is -1.16. The molecule has 2 atom stereocenters. The number of carboxylic acids is 1. The van der Waals surface area contributed by atoms with Crippen LogP contribution >= 0.6 is 11.8 Å². The Morgan fingerprint density at radius 3 is 2.79 bits per heavy atom. The lowest BCUT2D eigenvalue weighted by Crippen LogP contribution is -2.70. The Morgan fingerprint density at radius 2 is 2.21 bits per heavy atom. The average Bonchev–Trinajstić information content (AvgIpc) is 2.33. The van der Waals surface area contributed by atoms with Gasteiger partial charge in [-0.1, -0.05) is 0 Å². The van der Waals surface area contributed by atoms with Crippen LogP contribution in [0.4, 0.5) is 0 Å². The van der Waals surface area contributed by atoms with Gasteiger partial charge in [0.1, 0.15) is 22.9 Å². The predicted octanol–water partition coefficient (Wildman–Crippen LogP) is -0.666. The number of aliphatic carboxylic acids is 1. The lowest BCUT2D eigenvalue weighted by Gasteiger charge is -2.48. The van der Waals surface area contributed by atoms with Crippen molar-refractivity contribution in [3.8, 4) is 0 Å². The van der Waals surface area contributed by atoms with E-state index >= 15 is 0 Å². The molecule has 0 bridgehead atoms. The molecule has 2 aliphatic rings. The van der Waals surface area contributed by atoms with Gasteiger partial charge in [0.2, 0.25) is 5.91 Å². The van der Waals surface area contributed by atoms with Crippen LogP contribution < -0.4 is 5.32 Å². The van der Waals surface area contributed by atoms with Crippen molar-refractivity contribution in [1.82, 2.24) is 10.2 Å². The quantitative estimate of drug-likeness (QED) is 0.524. The molecule has 19 heavy (non-hydrogen) atoms. The monoisotopic (exact) mass is 284 g/mol. The number of Topliss-reactive ketones (excluding diaryl/α,β-unsaturated/α-hetero) is 1. The second-order valence-corrected chi connectivity index (χ2v) is 5.40. The highest BCUT2D eigenvalue weighted by molar-refractivity contribution is 8.00. The molecule has 1 saturated heterocycles. The number of hydrogen-bond donors (Lipinski definition) is 2. The van der Waals surface area contributed by atoms with Crippen molar-refractivity contribution < 1.29 is 24.3 Å². The van der Waals surface area contributed by atoms with E-state index in [9.17, 15) is 19.2 Å². The van der Waals surface area contributed by atoms with Gasteiger partial charge in [-0.3, -0.25) is 19.3 Å². The van der Waals surface area contributed by atoms with E-state index in [1.807, 2.05) is 0 Å². The van der Waals surface area contributed by atoms with Crippen molar-refractivity contribution in [2.45, 2.75) is 24.8 Å². The van der Waals surface area contributed by atoms with Crippen LogP contribution in [0.1, 0.15) is 13.3 Å². The van der Waals surface area contributed by atoms with Gasteiger partial charge in [-0.2, -0.15) is 0 Å². The molecule has 2 rings (SSSR count). The van der Waals surface area contributed by atoms with Crippen LogP contribution in [-0.2, 0) is 19.2 Å². The molecule has 7 nitrogen and oxygen atoms in total. The molecule has 0 aromatic carbocycles. The molecular weight excluding hydrogens is 272 g/mol. The Morgan fingerprint density at radius 1 is 1.53 bits per heavy atom. The lowest BCUT2D eigenvalue weighted by molar-refractivity contribution is -0.150. The summed E-state index contributed by atoms with van der Waals surface area (Å²) in [5.74, 6) is -1.95. The highest BCUT2D eigenvalue weighted by Crippen LogP contribution is 2.37. The van der Waals surface area contributed by atoms with Gasteiger partial charge in [0.05, 0.1) is 6.42 Å². The molecule has 0 aromatic heterocycles. The first-order chi connectivity index (χ1) is 8.91. The number of amides is 2. The van der Waals surface area contributed by atoms with Crippen LogP contribution in [-0.4, -0.2) is 50.7 Å². The first-order valence-electron chi connectivity index (χ1n) is 5.58. The molecular formula is C11H12N2O5S. The number of carbonyl (C=O) groups excluding carboxylic acids is 3. The SMILES string of the molecule is CC(=O)CC(=O)N[C@@H]1C(=O)N2C(C(=O)O)=CCS[C@H]12. The Kier molecular flexibility index (Phi) is 3.61. The molecule has 2 aliphatic heterocycles. The van der Waals surface area contributed by atoms with Crippen molar-refractivity contribution >= 4 is 35.3 Å². The third-order valence-corrected chi connectivity index (χ3v) is 3.98. The molecule has 0 saturated carbocycles. The van der Waals surface area contributed by atoms with E-state index in [2.05, 4.69) is 5.32 Å². The van der Waals surface area contributed by atoms with Gasteiger partial charge in [-0.05, 0) is 13.0 Å². The van der Waals surface area contributed by atoms with Crippen molar-refractivity contribution in [1.29, 1.82) is 0 Å². The largest absolute Gasteiger partial charge is 0.477 e. The minimum absolute atomic E-state index is 0.0502. The fraction of sp³-hybridized carbons (Fsp3) is 0.455. The van der Waals surface area contributed by atoms with Crippen molar-refractivity contribution in [3.05, 3.63) is 11.8 Å². The number of ketones is 1. The molecule has 8 heteroatoms. The zero-order valence-electron chi connectivity index (χ0n) is 10.1. The van der Waals surface area contributed by atoms with E-state index in [1.165, 1.54) is 24.8 Å². The summed E-state index contributed by atoms with van der Waals surface area (Å²) in [7, 11) is 0. The zero-order valence-corrected chi connectivity index (χ0v) is 10.9. The van der Waals surface area contributed by atoms with Gasteiger partial charge in [0.15, 0.2) is 0 Å². The zero-order chi connectivity index (χ0) is 14.2. The molecule has 0 aromatic rings. The number of carbonyl (C=O) groups is 4. The van der Waals surface area contributed by atoms with E-state index in [4.69, 9.17) is 5.11 Å². The molecule has 1 fully saturated rings. The molecule has 2 heterocycles. The topological polar surface area (TPSA) is 104 Å². The third kappa shape index (κ3) is 2.48. The summed E-state index contributed by atoms with van der Waals surface area (Å²) < 4.78 is 0. The third-order valence-electron chi connectivity index (χ3n) is 2.79. The summed E-state index contributed by atoms with van der Waals surface area (Å²) in [4.78, 5) is 46.2. The number of rotatable bonds is 4. The van der Waals surface area contributed by atoms with Crippen LogP contribution in [0, 0.1) is 0 Å². The van der Waals surface area contributed by atoms with E-state index in [0.717, 1.165) is 4.90 Å². The molecule has 102 valence electrons. The fourth-order valence-electron chi connectivity index (χ4n) is 1.99. The summed E-state index contributed by atoms with van der Waals surface area (Å²) in [5, 5.41) is 11.0. The van der Waals surface area contributed by atoms with Crippen molar-refractivity contribution in [2.75, 3.05) is 5.75 Å². The number of nitrogens with one attached hydrogen (secondary N) is 1. The van der Waals surface area contributed by atoms with E-state index in [-0.39, 0.29) is 17.9 Å². The number of thioether (sulfide) groups is 1. The Labute approximate surface area is 113 Å². The van der Waals surface area contributed by atoms with Crippen LogP contribution in [0.5, 0.6) is 0 Å². The predicted molar refractivity (Wildman–Crippen MR) is 66.0 cm³/mol. The molecule has 0 spiro atoms. The highest BCUT2D eigenvalue weighted by atomic mass is 32.2.